The number of pyridine rings is 1. The highest BCUT2D eigenvalue weighted by atomic mass is 16.1. The van der Waals surface area contributed by atoms with Crippen LogP contribution >= 0.6 is 0 Å². The third-order valence-corrected chi connectivity index (χ3v) is 2.71. The van der Waals surface area contributed by atoms with E-state index in [9.17, 15) is 4.79 Å². The molecular formula is C14H15N5O. The van der Waals surface area contributed by atoms with Crippen LogP contribution in [-0.2, 0) is 0 Å². The van der Waals surface area contributed by atoms with E-state index in [-0.39, 0.29) is 18.5 Å². The van der Waals surface area contributed by atoms with E-state index in [1.54, 1.807) is 30.7 Å². The summed E-state index contributed by atoms with van der Waals surface area (Å²) in [7, 11) is 0. The van der Waals surface area contributed by atoms with Gasteiger partial charge in [0.05, 0.1) is 24.3 Å². The quantitative estimate of drug-likeness (QED) is 0.711. The van der Waals surface area contributed by atoms with Gasteiger partial charge in [-0.3, -0.25) is 9.89 Å². The van der Waals surface area contributed by atoms with E-state index in [0.717, 1.165) is 5.56 Å². The van der Waals surface area contributed by atoms with Crippen molar-refractivity contribution >= 4 is 5.91 Å². The number of hydrogen-bond donors (Lipinski definition) is 3. The zero-order valence-electron chi connectivity index (χ0n) is 11.1. The maximum Gasteiger partial charge on any atom is 0.271 e. The van der Waals surface area contributed by atoms with Crippen molar-refractivity contribution in [3.8, 4) is 11.8 Å². The molecule has 20 heavy (non-hydrogen) atoms. The van der Waals surface area contributed by atoms with Crippen LogP contribution in [0.1, 0.15) is 34.6 Å². The van der Waals surface area contributed by atoms with E-state index in [1.165, 1.54) is 0 Å². The van der Waals surface area contributed by atoms with E-state index < -0.39 is 0 Å². The smallest absolute Gasteiger partial charge is 0.271 e. The number of H-pyrrole nitrogens is 1. The Morgan fingerprint density at radius 1 is 1.60 bits per heavy atom. The summed E-state index contributed by atoms with van der Waals surface area (Å²) in [6.07, 6.45) is 4.96. The Labute approximate surface area is 116 Å². The zero-order valence-corrected chi connectivity index (χ0v) is 11.1. The Morgan fingerprint density at radius 3 is 3.15 bits per heavy atom. The molecule has 0 aliphatic heterocycles. The van der Waals surface area contributed by atoms with Crippen molar-refractivity contribution in [1.29, 1.82) is 0 Å². The molecular weight excluding hydrogens is 254 g/mol. The Hall–Kier alpha value is -2.65. The number of hydrogen-bond acceptors (Lipinski definition) is 4. The first-order chi connectivity index (χ1) is 9.72. The standard InChI is InChI=1S/C14H15N5O/c1-10(12-8-17-18-9-12)19-14(20)13-11(4-2-6-15)5-3-7-16-13/h3,5,7-10H,6,15H2,1H3,(H,17,18)(H,19,20). The van der Waals surface area contributed by atoms with Gasteiger partial charge in [-0.15, -0.1) is 0 Å². The number of aromatic nitrogens is 3. The van der Waals surface area contributed by atoms with Gasteiger partial charge in [0.25, 0.3) is 5.91 Å². The molecule has 6 nitrogen and oxygen atoms in total. The van der Waals surface area contributed by atoms with E-state index in [0.29, 0.717) is 11.3 Å². The van der Waals surface area contributed by atoms with Crippen LogP contribution in [0.15, 0.2) is 30.7 Å². The normalized spacial score (nSPS) is 11.3. The molecule has 0 aliphatic carbocycles. The fourth-order valence-electron chi connectivity index (χ4n) is 1.68. The van der Waals surface area contributed by atoms with Crippen LogP contribution in [0.2, 0.25) is 0 Å². The molecule has 6 heteroatoms. The fourth-order valence-corrected chi connectivity index (χ4v) is 1.68. The molecule has 0 aliphatic rings. The SMILES string of the molecule is CC(NC(=O)c1ncccc1C#CCN)c1cn[nH]c1. The van der Waals surface area contributed by atoms with Gasteiger partial charge in [-0.1, -0.05) is 11.8 Å². The molecule has 2 aromatic heterocycles. The summed E-state index contributed by atoms with van der Waals surface area (Å²) in [4.78, 5) is 16.3. The number of amides is 1. The van der Waals surface area contributed by atoms with Gasteiger partial charge < -0.3 is 11.1 Å². The minimum Gasteiger partial charge on any atom is -0.344 e. The Balaban J connectivity index is 2.17. The first-order valence-electron chi connectivity index (χ1n) is 6.16. The second-order valence-electron chi connectivity index (χ2n) is 4.13. The lowest BCUT2D eigenvalue weighted by Gasteiger charge is -2.12. The molecule has 0 saturated heterocycles. The second-order valence-corrected chi connectivity index (χ2v) is 4.13. The maximum absolute atomic E-state index is 12.2. The van der Waals surface area contributed by atoms with Gasteiger partial charge in [-0.25, -0.2) is 4.98 Å². The van der Waals surface area contributed by atoms with Gasteiger partial charge in [-0.2, -0.15) is 5.10 Å². The van der Waals surface area contributed by atoms with Crippen molar-refractivity contribution in [2.24, 2.45) is 5.73 Å². The predicted octanol–water partition coefficient (Wildman–Crippen LogP) is 0.606. The number of aromatic amines is 1. The second kappa shape index (κ2) is 6.50. The minimum absolute atomic E-state index is 0.168. The molecule has 0 fully saturated rings. The fraction of sp³-hybridized carbons (Fsp3) is 0.214. The van der Waals surface area contributed by atoms with Gasteiger partial charge in [-0.05, 0) is 19.1 Å². The highest BCUT2D eigenvalue weighted by Crippen LogP contribution is 2.11. The van der Waals surface area contributed by atoms with Crippen LogP contribution in [-0.4, -0.2) is 27.6 Å². The minimum atomic E-state index is -0.277. The first kappa shape index (κ1) is 13.8. The number of carbonyl (C=O) groups excluding carboxylic acids is 1. The van der Waals surface area contributed by atoms with Crippen molar-refractivity contribution in [3.63, 3.8) is 0 Å². The summed E-state index contributed by atoms with van der Waals surface area (Å²) in [5.41, 5.74) is 7.09. The maximum atomic E-state index is 12.2. The Kier molecular flexibility index (Phi) is 4.47. The van der Waals surface area contributed by atoms with E-state index in [1.807, 2.05) is 6.92 Å². The van der Waals surface area contributed by atoms with Crippen molar-refractivity contribution in [3.05, 3.63) is 47.5 Å². The number of nitrogens with zero attached hydrogens (tertiary/aromatic N) is 2. The molecule has 0 aromatic carbocycles. The van der Waals surface area contributed by atoms with E-state index in [2.05, 4.69) is 32.3 Å². The van der Waals surface area contributed by atoms with Crippen LogP contribution < -0.4 is 11.1 Å². The summed E-state index contributed by atoms with van der Waals surface area (Å²) in [6.45, 7) is 2.11. The number of carbonyl (C=O) groups is 1. The molecule has 1 atom stereocenters. The van der Waals surface area contributed by atoms with Gasteiger partial charge in [0, 0.05) is 18.0 Å². The van der Waals surface area contributed by atoms with Crippen LogP contribution in [0.4, 0.5) is 0 Å². The van der Waals surface area contributed by atoms with Crippen LogP contribution in [0, 0.1) is 11.8 Å². The Morgan fingerprint density at radius 2 is 2.45 bits per heavy atom. The molecule has 102 valence electrons. The van der Waals surface area contributed by atoms with Crippen LogP contribution in [0.3, 0.4) is 0 Å². The van der Waals surface area contributed by atoms with Crippen molar-refractivity contribution in [2.75, 3.05) is 6.54 Å². The lowest BCUT2D eigenvalue weighted by molar-refractivity contribution is 0.0934. The third kappa shape index (κ3) is 3.22. The largest absolute Gasteiger partial charge is 0.344 e. The molecule has 2 rings (SSSR count). The van der Waals surface area contributed by atoms with Crippen LogP contribution in [0.25, 0.3) is 0 Å². The van der Waals surface area contributed by atoms with Gasteiger partial charge in [0.15, 0.2) is 0 Å². The summed E-state index contributed by atoms with van der Waals surface area (Å²) < 4.78 is 0. The van der Waals surface area contributed by atoms with Gasteiger partial charge in [0.1, 0.15) is 5.69 Å². The average Bonchev–Trinajstić information content (AvgIpc) is 2.99. The summed E-state index contributed by atoms with van der Waals surface area (Å²) >= 11 is 0. The van der Waals surface area contributed by atoms with Crippen molar-refractivity contribution in [2.45, 2.75) is 13.0 Å². The highest BCUT2D eigenvalue weighted by Gasteiger charge is 2.15. The molecule has 0 spiro atoms. The van der Waals surface area contributed by atoms with Crippen LogP contribution in [0.5, 0.6) is 0 Å². The molecule has 0 radical (unpaired) electrons. The van der Waals surface area contributed by atoms with E-state index in [4.69, 9.17) is 5.73 Å². The van der Waals surface area contributed by atoms with E-state index >= 15 is 0 Å². The van der Waals surface area contributed by atoms with Gasteiger partial charge >= 0.3 is 0 Å². The predicted molar refractivity (Wildman–Crippen MR) is 74.6 cm³/mol. The monoisotopic (exact) mass is 269 g/mol. The summed E-state index contributed by atoms with van der Waals surface area (Å²) in [5.74, 6) is 5.29. The lowest BCUT2D eigenvalue weighted by atomic mass is 10.1. The van der Waals surface area contributed by atoms with Crippen molar-refractivity contribution in [1.82, 2.24) is 20.5 Å². The average molecular weight is 269 g/mol. The first-order valence-corrected chi connectivity index (χ1v) is 6.16. The number of nitrogens with two attached hydrogens (primary N) is 1. The third-order valence-electron chi connectivity index (χ3n) is 2.71. The molecule has 0 bridgehead atoms. The highest BCUT2D eigenvalue weighted by molar-refractivity contribution is 5.94. The molecule has 1 amide bonds. The lowest BCUT2D eigenvalue weighted by Crippen LogP contribution is -2.28. The summed E-state index contributed by atoms with van der Waals surface area (Å²) in [5, 5.41) is 9.42. The van der Waals surface area contributed by atoms with Gasteiger partial charge in [0.2, 0.25) is 0 Å². The number of rotatable bonds is 3. The molecule has 1 unspecified atom stereocenters. The molecule has 2 aromatic rings. The van der Waals surface area contributed by atoms with Crippen molar-refractivity contribution < 1.29 is 4.79 Å². The Bertz CT molecular complexity index is 639. The molecule has 2 heterocycles. The number of nitrogens with one attached hydrogen (secondary N) is 2. The topological polar surface area (TPSA) is 96.7 Å². The molecule has 0 saturated carbocycles. The summed E-state index contributed by atoms with van der Waals surface area (Å²) in [6, 6.07) is 3.31. The zero-order chi connectivity index (χ0) is 14.4. The molecule has 4 N–H and O–H groups in total.